The van der Waals surface area contributed by atoms with E-state index in [0.717, 1.165) is 45.4 Å². The molecular weight excluding hydrogens is 250 g/mol. The quantitative estimate of drug-likeness (QED) is 0.737. The van der Waals surface area contributed by atoms with E-state index in [1.807, 2.05) is 0 Å². The van der Waals surface area contributed by atoms with Crippen molar-refractivity contribution in [3.8, 4) is 0 Å². The zero-order chi connectivity index (χ0) is 13.0. The van der Waals surface area contributed by atoms with Gasteiger partial charge in [0, 0.05) is 25.6 Å². The molecule has 2 heterocycles. The van der Waals surface area contributed by atoms with Gasteiger partial charge in [0.15, 0.2) is 0 Å². The van der Waals surface area contributed by atoms with Gasteiger partial charge in [-0.05, 0) is 38.0 Å². The van der Waals surface area contributed by atoms with E-state index in [1.165, 1.54) is 6.42 Å². The van der Waals surface area contributed by atoms with E-state index in [9.17, 15) is 4.79 Å². The lowest BCUT2D eigenvalue weighted by Crippen LogP contribution is -2.44. The number of rotatable bonds is 4. The van der Waals surface area contributed by atoms with Crippen molar-refractivity contribution in [1.82, 2.24) is 4.90 Å². The molecule has 3 nitrogen and oxygen atoms in total. The van der Waals surface area contributed by atoms with E-state index >= 15 is 0 Å². The van der Waals surface area contributed by atoms with Gasteiger partial charge in [-0.15, -0.1) is 11.6 Å². The standard InChI is InChI=1S/C14H24ClNO2/c1-2-13-12(6-9-18-13)14(17)16-8-3-4-11(10-16)5-7-15/h11-13H,2-10H2,1H3. The Morgan fingerprint density at radius 2 is 2.28 bits per heavy atom. The Labute approximate surface area is 115 Å². The Bertz CT molecular complexity index is 283. The van der Waals surface area contributed by atoms with E-state index in [0.29, 0.717) is 17.7 Å². The van der Waals surface area contributed by atoms with Crippen LogP contribution in [0.25, 0.3) is 0 Å². The van der Waals surface area contributed by atoms with Crippen LogP contribution in [0.3, 0.4) is 0 Å². The number of piperidine rings is 1. The van der Waals surface area contributed by atoms with Crippen LogP contribution < -0.4 is 0 Å². The van der Waals surface area contributed by atoms with E-state index < -0.39 is 0 Å². The SMILES string of the molecule is CCC1OCCC1C(=O)N1CCCC(CCCl)C1. The Morgan fingerprint density at radius 1 is 1.44 bits per heavy atom. The summed E-state index contributed by atoms with van der Waals surface area (Å²) in [4.78, 5) is 14.6. The molecule has 2 aliphatic rings. The number of amides is 1. The first-order chi connectivity index (χ1) is 8.76. The molecule has 2 saturated heterocycles. The van der Waals surface area contributed by atoms with Crippen LogP contribution in [-0.4, -0.2) is 42.5 Å². The van der Waals surface area contributed by atoms with E-state index in [1.54, 1.807) is 0 Å². The fourth-order valence-electron chi connectivity index (χ4n) is 3.22. The summed E-state index contributed by atoms with van der Waals surface area (Å²) < 4.78 is 5.63. The minimum atomic E-state index is 0.102. The van der Waals surface area contributed by atoms with E-state index in [4.69, 9.17) is 16.3 Å². The predicted octanol–water partition coefficient (Wildman–Crippen LogP) is 2.67. The van der Waals surface area contributed by atoms with Gasteiger partial charge in [0.1, 0.15) is 0 Å². The third-order valence-corrected chi connectivity index (χ3v) is 4.50. The zero-order valence-corrected chi connectivity index (χ0v) is 12.0. The lowest BCUT2D eigenvalue weighted by molar-refractivity contribution is -0.139. The fraction of sp³-hybridized carbons (Fsp3) is 0.929. The van der Waals surface area contributed by atoms with Crippen molar-refractivity contribution in [2.24, 2.45) is 11.8 Å². The molecule has 0 N–H and O–H groups in total. The summed E-state index contributed by atoms with van der Waals surface area (Å²) in [6.45, 7) is 4.67. The topological polar surface area (TPSA) is 29.5 Å². The normalized spacial score (nSPS) is 32.8. The number of carbonyl (C=O) groups is 1. The maximum atomic E-state index is 12.5. The van der Waals surface area contributed by atoms with Gasteiger partial charge in [0.25, 0.3) is 0 Å². The second-order valence-electron chi connectivity index (χ2n) is 5.48. The fourth-order valence-corrected chi connectivity index (χ4v) is 3.53. The van der Waals surface area contributed by atoms with Crippen molar-refractivity contribution in [1.29, 1.82) is 0 Å². The largest absolute Gasteiger partial charge is 0.377 e. The molecule has 2 rings (SSSR count). The molecule has 2 aliphatic heterocycles. The Balaban J connectivity index is 1.91. The van der Waals surface area contributed by atoms with Crippen LogP contribution in [-0.2, 0) is 9.53 Å². The van der Waals surface area contributed by atoms with Crippen molar-refractivity contribution in [3.63, 3.8) is 0 Å². The highest BCUT2D eigenvalue weighted by Crippen LogP contribution is 2.28. The van der Waals surface area contributed by atoms with Crippen molar-refractivity contribution < 1.29 is 9.53 Å². The maximum absolute atomic E-state index is 12.5. The molecule has 3 atom stereocenters. The van der Waals surface area contributed by atoms with Gasteiger partial charge in [-0.3, -0.25) is 4.79 Å². The van der Waals surface area contributed by atoms with Gasteiger partial charge in [0.2, 0.25) is 5.91 Å². The number of alkyl halides is 1. The molecule has 0 spiro atoms. The molecule has 0 saturated carbocycles. The van der Waals surface area contributed by atoms with Gasteiger partial charge in [0.05, 0.1) is 12.0 Å². The molecule has 4 heteroatoms. The smallest absolute Gasteiger partial charge is 0.228 e. The highest BCUT2D eigenvalue weighted by molar-refractivity contribution is 6.17. The first-order valence-electron chi connectivity index (χ1n) is 7.22. The number of hydrogen-bond donors (Lipinski definition) is 0. The minimum absolute atomic E-state index is 0.102. The van der Waals surface area contributed by atoms with Crippen molar-refractivity contribution in [2.75, 3.05) is 25.6 Å². The summed E-state index contributed by atoms with van der Waals surface area (Å²) in [6.07, 6.45) is 5.35. The third kappa shape index (κ3) is 3.18. The van der Waals surface area contributed by atoms with Crippen LogP contribution in [0.2, 0.25) is 0 Å². The highest BCUT2D eigenvalue weighted by Gasteiger charge is 2.36. The molecule has 0 aromatic carbocycles. The van der Waals surface area contributed by atoms with Gasteiger partial charge >= 0.3 is 0 Å². The first kappa shape index (κ1) is 14.1. The van der Waals surface area contributed by atoms with Gasteiger partial charge in [-0.2, -0.15) is 0 Å². The minimum Gasteiger partial charge on any atom is -0.377 e. The second kappa shape index (κ2) is 6.76. The summed E-state index contributed by atoms with van der Waals surface area (Å²) in [5, 5.41) is 0. The van der Waals surface area contributed by atoms with Crippen LogP contribution in [0, 0.1) is 11.8 Å². The zero-order valence-electron chi connectivity index (χ0n) is 11.2. The van der Waals surface area contributed by atoms with Gasteiger partial charge in [-0.25, -0.2) is 0 Å². The molecule has 3 unspecified atom stereocenters. The molecule has 0 bridgehead atoms. The number of ether oxygens (including phenoxy) is 1. The Morgan fingerprint density at radius 3 is 3.00 bits per heavy atom. The first-order valence-corrected chi connectivity index (χ1v) is 7.76. The summed E-state index contributed by atoms with van der Waals surface area (Å²) in [5.41, 5.74) is 0. The monoisotopic (exact) mass is 273 g/mol. The van der Waals surface area contributed by atoms with Crippen molar-refractivity contribution in [3.05, 3.63) is 0 Å². The van der Waals surface area contributed by atoms with Crippen molar-refractivity contribution >= 4 is 17.5 Å². The average molecular weight is 274 g/mol. The number of hydrogen-bond acceptors (Lipinski definition) is 2. The average Bonchev–Trinajstić information content (AvgIpc) is 2.87. The summed E-state index contributed by atoms with van der Waals surface area (Å²) in [7, 11) is 0. The molecule has 18 heavy (non-hydrogen) atoms. The van der Waals surface area contributed by atoms with Gasteiger partial charge < -0.3 is 9.64 Å². The molecule has 0 aliphatic carbocycles. The third-order valence-electron chi connectivity index (χ3n) is 4.28. The maximum Gasteiger partial charge on any atom is 0.228 e. The molecule has 0 radical (unpaired) electrons. The number of carbonyl (C=O) groups excluding carboxylic acids is 1. The molecule has 2 fully saturated rings. The van der Waals surface area contributed by atoms with E-state index in [2.05, 4.69) is 11.8 Å². The number of halogens is 1. The Hall–Kier alpha value is -0.280. The van der Waals surface area contributed by atoms with Crippen LogP contribution >= 0.6 is 11.6 Å². The lowest BCUT2D eigenvalue weighted by atomic mass is 9.92. The summed E-state index contributed by atoms with van der Waals surface area (Å²) in [5.74, 6) is 1.72. The molecule has 104 valence electrons. The number of nitrogens with zero attached hydrogens (tertiary/aromatic N) is 1. The Kier molecular flexibility index (Phi) is 5.31. The number of likely N-dealkylation sites (tertiary alicyclic amines) is 1. The molecular formula is C14H24ClNO2. The van der Waals surface area contributed by atoms with Crippen LogP contribution in [0.15, 0.2) is 0 Å². The van der Waals surface area contributed by atoms with E-state index in [-0.39, 0.29) is 12.0 Å². The van der Waals surface area contributed by atoms with Gasteiger partial charge in [-0.1, -0.05) is 6.92 Å². The lowest BCUT2D eigenvalue weighted by Gasteiger charge is -2.35. The molecule has 1 amide bonds. The molecule has 0 aromatic heterocycles. The predicted molar refractivity (Wildman–Crippen MR) is 72.8 cm³/mol. The summed E-state index contributed by atoms with van der Waals surface area (Å²) in [6, 6.07) is 0. The van der Waals surface area contributed by atoms with Crippen LogP contribution in [0.4, 0.5) is 0 Å². The second-order valence-corrected chi connectivity index (χ2v) is 5.86. The summed E-state index contributed by atoms with van der Waals surface area (Å²) >= 11 is 5.81. The van der Waals surface area contributed by atoms with Crippen LogP contribution in [0.1, 0.15) is 39.0 Å². The van der Waals surface area contributed by atoms with Crippen LogP contribution in [0.5, 0.6) is 0 Å². The highest BCUT2D eigenvalue weighted by atomic mass is 35.5. The molecule has 0 aromatic rings. The van der Waals surface area contributed by atoms with Crippen molar-refractivity contribution in [2.45, 2.75) is 45.1 Å².